The molecule has 2 aromatic heterocycles. The quantitative estimate of drug-likeness (QED) is 0.865. The largest absolute Gasteiger partial charge is 0.356 e. The Morgan fingerprint density at radius 1 is 1.00 bits per heavy atom. The molecule has 5 nitrogen and oxygen atoms in total. The van der Waals surface area contributed by atoms with Crippen LogP contribution in [0.2, 0.25) is 0 Å². The first-order valence-electron chi connectivity index (χ1n) is 9.08. The fourth-order valence-electron chi connectivity index (χ4n) is 4.21. The summed E-state index contributed by atoms with van der Waals surface area (Å²) in [6, 6.07) is 12.0. The van der Waals surface area contributed by atoms with Crippen LogP contribution in [0.25, 0.3) is 0 Å². The Kier molecular flexibility index (Phi) is 4.38. The second-order valence-corrected chi connectivity index (χ2v) is 7.28. The average Bonchev–Trinajstić information content (AvgIpc) is 2.67. The van der Waals surface area contributed by atoms with E-state index in [-0.39, 0.29) is 11.3 Å². The fraction of sp³-hybridized carbons (Fsp3) is 0.450. The van der Waals surface area contributed by atoms with Crippen LogP contribution in [-0.4, -0.2) is 40.4 Å². The topological polar surface area (TPSA) is 49.3 Å². The van der Waals surface area contributed by atoms with Crippen molar-refractivity contribution in [1.29, 1.82) is 0 Å². The van der Waals surface area contributed by atoms with E-state index in [0.29, 0.717) is 13.0 Å². The lowest BCUT2D eigenvalue weighted by atomic mass is 9.73. The van der Waals surface area contributed by atoms with Crippen LogP contribution in [-0.2, 0) is 11.3 Å². The molecular formula is C20H24N4O. The van der Waals surface area contributed by atoms with Crippen LogP contribution in [0.15, 0.2) is 48.8 Å². The van der Waals surface area contributed by atoms with Gasteiger partial charge < -0.3 is 9.80 Å². The standard InChI is InChI=1S/C20H24N4O/c25-19-8-10-20(16-24(19)14-17-6-1-3-11-21-17)9-5-13-23(15-20)18-7-2-4-12-22-18/h1-4,6-7,11-12H,5,8-10,13-16H2. The summed E-state index contributed by atoms with van der Waals surface area (Å²) in [7, 11) is 0. The van der Waals surface area contributed by atoms with Gasteiger partial charge in [0.05, 0.1) is 12.2 Å². The van der Waals surface area contributed by atoms with Crippen LogP contribution in [0, 0.1) is 5.41 Å². The first-order chi connectivity index (χ1) is 12.2. The zero-order chi connectivity index (χ0) is 17.1. The molecule has 5 heteroatoms. The second kappa shape index (κ2) is 6.82. The van der Waals surface area contributed by atoms with Gasteiger partial charge >= 0.3 is 0 Å². The van der Waals surface area contributed by atoms with Crippen molar-refractivity contribution in [3.8, 4) is 0 Å². The van der Waals surface area contributed by atoms with Crippen molar-refractivity contribution in [3.63, 3.8) is 0 Å². The smallest absolute Gasteiger partial charge is 0.222 e. The van der Waals surface area contributed by atoms with Gasteiger partial charge in [-0.3, -0.25) is 9.78 Å². The van der Waals surface area contributed by atoms with Gasteiger partial charge in [0, 0.05) is 43.9 Å². The Morgan fingerprint density at radius 3 is 2.60 bits per heavy atom. The highest BCUT2D eigenvalue weighted by atomic mass is 16.2. The molecule has 0 radical (unpaired) electrons. The van der Waals surface area contributed by atoms with Gasteiger partial charge in [0.15, 0.2) is 0 Å². The number of aromatic nitrogens is 2. The van der Waals surface area contributed by atoms with Crippen LogP contribution in [0.4, 0.5) is 5.82 Å². The summed E-state index contributed by atoms with van der Waals surface area (Å²) in [5.41, 5.74) is 1.14. The lowest BCUT2D eigenvalue weighted by Gasteiger charge is -2.48. The van der Waals surface area contributed by atoms with E-state index in [1.807, 2.05) is 41.4 Å². The van der Waals surface area contributed by atoms with E-state index >= 15 is 0 Å². The van der Waals surface area contributed by atoms with E-state index in [1.54, 1.807) is 6.20 Å². The number of rotatable bonds is 3. The Labute approximate surface area is 148 Å². The SMILES string of the molecule is O=C1CCC2(CCCN(c3ccccn3)C2)CN1Cc1ccccn1. The molecule has 1 spiro atoms. The van der Waals surface area contributed by atoms with E-state index in [4.69, 9.17) is 0 Å². The first kappa shape index (κ1) is 16.1. The van der Waals surface area contributed by atoms with Crippen LogP contribution in [0.3, 0.4) is 0 Å². The Morgan fingerprint density at radius 2 is 1.84 bits per heavy atom. The fourth-order valence-corrected chi connectivity index (χ4v) is 4.21. The third kappa shape index (κ3) is 3.50. The van der Waals surface area contributed by atoms with Gasteiger partial charge in [-0.2, -0.15) is 0 Å². The van der Waals surface area contributed by atoms with Crippen LogP contribution < -0.4 is 4.90 Å². The normalized spacial score (nSPS) is 23.9. The molecule has 2 aromatic rings. The minimum Gasteiger partial charge on any atom is -0.356 e. The average molecular weight is 336 g/mol. The van der Waals surface area contributed by atoms with Crippen LogP contribution in [0.1, 0.15) is 31.4 Å². The number of carbonyl (C=O) groups excluding carboxylic acids is 1. The molecule has 25 heavy (non-hydrogen) atoms. The van der Waals surface area contributed by atoms with Gasteiger partial charge in [-0.1, -0.05) is 12.1 Å². The number of nitrogens with zero attached hydrogens (tertiary/aromatic N) is 4. The molecule has 0 aliphatic carbocycles. The van der Waals surface area contributed by atoms with E-state index < -0.39 is 0 Å². The predicted molar refractivity (Wildman–Crippen MR) is 97.0 cm³/mol. The number of amides is 1. The molecule has 1 unspecified atom stereocenters. The highest BCUT2D eigenvalue weighted by Gasteiger charge is 2.42. The molecule has 2 fully saturated rings. The van der Waals surface area contributed by atoms with Crippen molar-refractivity contribution < 1.29 is 4.79 Å². The zero-order valence-corrected chi connectivity index (χ0v) is 14.5. The maximum atomic E-state index is 12.4. The molecule has 4 heterocycles. The Balaban J connectivity index is 1.50. The van der Waals surface area contributed by atoms with Crippen molar-refractivity contribution >= 4 is 11.7 Å². The number of hydrogen-bond donors (Lipinski definition) is 0. The monoisotopic (exact) mass is 336 g/mol. The maximum absolute atomic E-state index is 12.4. The van der Waals surface area contributed by atoms with Crippen LogP contribution >= 0.6 is 0 Å². The molecule has 2 aliphatic heterocycles. The minimum absolute atomic E-state index is 0.179. The summed E-state index contributed by atoms with van der Waals surface area (Å²) in [5, 5.41) is 0. The summed E-state index contributed by atoms with van der Waals surface area (Å²) >= 11 is 0. The van der Waals surface area contributed by atoms with Gasteiger partial charge in [-0.25, -0.2) is 4.98 Å². The Bertz CT molecular complexity index is 721. The minimum atomic E-state index is 0.179. The van der Waals surface area contributed by atoms with Crippen molar-refractivity contribution in [2.75, 3.05) is 24.5 Å². The van der Waals surface area contributed by atoms with Gasteiger partial charge in [0.2, 0.25) is 5.91 Å². The predicted octanol–water partition coefficient (Wildman–Crippen LogP) is 2.89. The third-order valence-corrected chi connectivity index (χ3v) is 5.46. The lowest BCUT2D eigenvalue weighted by Crippen LogP contribution is -2.54. The molecule has 0 saturated carbocycles. The molecule has 0 aromatic carbocycles. The number of anilines is 1. The molecule has 1 amide bonds. The molecule has 2 aliphatic rings. The third-order valence-electron chi connectivity index (χ3n) is 5.46. The second-order valence-electron chi connectivity index (χ2n) is 7.28. The van der Waals surface area contributed by atoms with E-state index in [0.717, 1.165) is 44.0 Å². The summed E-state index contributed by atoms with van der Waals surface area (Å²) in [6.07, 6.45) is 7.61. The number of likely N-dealkylation sites (tertiary alicyclic amines) is 1. The van der Waals surface area contributed by atoms with Crippen LogP contribution in [0.5, 0.6) is 0 Å². The van der Waals surface area contributed by atoms with Gasteiger partial charge in [0.25, 0.3) is 0 Å². The summed E-state index contributed by atoms with van der Waals surface area (Å²) in [4.78, 5) is 25.7. The molecule has 130 valence electrons. The summed E-state index contributed by atoms with van der Waals surface area (Å²) in [5.74, 6) is 1.31. The summed E-state index contributed by atoms with van der Waals surface area (Å²) in [6.45, 7) is 3.47. The zero-order valence-electron chi connectivity index (χ0n) is 14.5. The van der Waals surface area contributed by atoms with Crippen molar-refractivity contribution in [2.24, 2.45) is 5.41 Å². The number of piperidine rings is 2. The lowest BCUT2D eigenvalue weighted by molar-refractivity contribution is -0.138. The van der Waals surface area contributed by atoms with E-state index in [9.17, 15) is 4.79 Å². The van der Waals surface area contributed by atoms with Gasteiger partial charge in [0.1, 0.15) is 5.82 Å². The molecular weight excluding hydrogens is 312 g/mol. The molecule has 0 bridgehead atoms. The maximum Gasteiger partial charge on any atom is 0.222 e. The molecule has 1 atom stereocenters. The van der Waals surface area contributed by atoms with Crippen molar-refractivity contribution in [1.82, 2.24) is 14.9 Å². The van der Waals surface area contributed by atoms with Crippen molar-refractivity contribution in [3.05, 3.63) is 54.5 Å². The first-order valence-corrected chi connectivity index (χ1v) is 9.08. The van der Waals surface area contributed by atoms with E-state index in [1.165, 1.54) is 6.42 Å². The van der Waals surface area contributed by atoms with Gasteiger partial charge in [-0.05, 0) is 43.5 Å². The van der Waals surface area contributed by atoms with Gasteiger partial charge in [-0.15, -0.1) is 0 Å². The molecule has 4 rings (SSSR count). The highest BCUT2D eigenvalue weighted by molar-refractivity contribution is 5.77. The van der Waals surface area contributed by atoms with Crippen molar-refractivity contribution in [2.45, 2.75) is 32.2 Å². The molecule has 0 N–H and O–H groups in total. The molecule has 2 saturated heterocycles. The highest BCUT2D eigenvalue weighted by Crippen LogP contribution is 2.40. The Hall–Kier alpha value is -2.43. The number of carbonyl (C=O) groups is 1. The van der Waals surface area contributed by atoms with E-state index in [2.05, 4.69) is 20.9 Å². The number of pyridine rings is 2. The summed E-state index contributed by atoms with van der Waals surface area (Å²) < 4.78 is 0. The number of hydrogen-bond acceptors (Lipinski definition) is 4.